The minimum absolute atomic E-state index is 0.0397. The van der Waals surface area contributed by atoms with Crippen LogP contribution < -0.4 is 0 Å². The third-order valence-electron chi connectivity index (χ3n) is 6.24. The first-order valence-electron chi connectivity index (χ1n) is 13.2. The fraction of sp³-hybridized carbons (Fsp3) is 0.429. The third kappa shape index (κ3) is 8.49. The lowest BCUT2D eigenvalue weighted by Crippen LogP contribution is -2.21. The van der Waals surface area contributed by atoms with E-state index in [0.717, 1.165) is 0 Å². The number of epoxide rings is 4. The Kier molecular flexibility index (Phi) is 9.73. The van der Waals surface area contributed by atoms with Crippen molar-refractivity contribution < 1.29 is 74.6 Å². The number of ether oxygens (including phenoxy) is 8. The van der Waals surface area contributed by atoms with Gasteiger partial charge in [-0.15, -0.1) is 0 Å². The summed E-state index contributed by atoms with van der Waals surface area (Å²) in [6.45, 7) is 1.80. The van der Waals surface area contributed by atoms with Gasteiger partial charge >= 0.3 is 23.9 Å². The van der Waals surface area contributed by atoms with Crippen LogP contribution in [0.4, 0.5) is 17.6 Å². The second kappa shape index (κ2) is 13.7. The van der Waals surface area contributed by atoms with Gasteiger partial charge < -0.3 is 37.9 Å². The van der Waals surface area contributed by atoms with Gasteiger partial charge in [-0.25, -0.2) is 36.7 Å². The second-order valence-corrected chi connectivity index (χ2v) is 9.80. The summed E-state index contributed by atoms with van der Waals surface area (Å²) >= 11 is 0. The van der Waals surface area contributed by atoms with Gasteiger partial charge in [0.05, 0.1) is 37.6 Å². The van der Waals surface area contributed by atoms with E-state index in [0.29, 0.717) is 37.6 Å². The fourth-order valence-corrected chi connectivity index (χ4v) is 3.38. The third-order valence-corrected chi connectivity index (χ3v) is 6.24. The molecule has 4 aliphatic rings. The molecule has 2 aromatic carbocycles. The molecule has 0 bridgehead atoms. The number of esters is 4. The Morgan fingerprint density at radius 1 is 0.500 bits per heavy atom. The maximum Gasteiger partial charge on any atom is 0.344 e. The van der Waals surface area contributed by atoms with E-state index in [9.17, 15) is 36.7 Å². The molecule has 4 atom stereocenters. The lowest BCUT2D eigenvalue weighted by molar-refractivity contribution is 0.0440. The predicted octanol–water partition coefficient (Wildman–Crippen LogP) is 2.15. The van der Waals surface area contributed by atoms with E-state index in [1.807, 2.05) is 0 Å². The molecule has 4 heterocycles. The molecule has 0 aromatic heterocycles. The lowest BCUT2D eigenvalue weighted by atomic mass is 10.1. The first kappa shape index (κ1) is 31.3. The number of hydrogen-bond acceptors (Lipinski definition) is 12. The minimum Gasteiger partial charge on any atom is -0.459 e. The fourth-order valence-electron chi connectivity index (χ4n) is 3.38. The maximum absolute atomic E-state index is 13.9. The van der Waals surface area contributed by atoms with Gasteiger partial charge in [-0.3, -0.25) is 0 Å². The van der Waals surface area contributed by atoms with Crippen molar-refractivity contribution in [3.63, 3.8) is 0 Å². The first-order chi connectivity index (χ1) is 21.1. The number of carbonyl (C=O) groups excluding carboxylic acids is 4. The highest BCUT2D eigenvalue weighted by Gasteiger charge is 2.36. The SMILES string of the molecule is O=C(OCC1CO1)c1c(F)c(F)c(C(=O)OCC2CO2)c(F)c1F.O=C(OCC1CO1)c1ccc(C(=O)OCC2CO2)cc1. The van der Waals surface area contributed by atoms with E-state index >= 15 is 0 Å². The molecule has 44 heavy (non-hydrogen) atoms. The number of hydrogen-bond donors (Lipinski definition) is 0. The number of rotatable bonds is 12. The minimum atomic E-state index is -2.04. The van der Waals surface area contributed by atoms with E-state index in [1.54, 1.807) is 24.3 Å². The van der Waals surface area contributed by atoms with E-state index in [4.69, 9.17) is 28.4 Å². The van der Waals surface area contributed by atoms with E-state index in [-0.39, 0.29) is 38.6 Å². The molecular weight excluding hydrogens is 604 g/mol. The Balaban J connectivity index is 0.000000177. The quantitative estimate of drug-likeness (QED) is 0.111. The molecule has 16 heteroatoms. The average molecular weight is 628 g/mol. The molecule has 4 saturated heterocycles. The predicted molar refractivity (Wildman–Crippen MR) is 133 cm³/mol. The van der Waals surface area contributed by atoms with Crippen molar-refractivity contribution in [1.29, 1.82) is 0 Å². The van der Waals surface area contributed by atoms with Crippen molar-refractivity contribution in [2.75, 3.05) is 52.9 Å². The Morgan fingerprint density at radius 2 is 0.727 bits per heavy atom. The molecule has 0 amide bonds. The molecule has 4 unspecified atom stereocenters. The van der Waals surface area contributed by atoms with Crippen LogP contribution in [-0.4, -0.2) is 101 Å². The van der Waals surface area contributed by atoms with Gasteiger partial charge in [-0.1, -0.05) is 0 Å². The van der Waals surface area contributed by atoms with E-state index in [1.165, 1.54) is 0 Å². The monoisotopic (exact) mass is 628 g/mol. The van der Waals surface area contributed by atoms with Crippen LogP contribution in [-0.2, 0) is 37.9 Å². The molecule has 0 N–H and O–H groups in total. The second-order valence-electron chi connectivity index (χ2n) is 9.80. The van der Waals surface area contributed by atoms with Gasteiger partial charge in [0.1, 0.15) is 62.0 Å². The Morgan fingerprint density at radius 3 is 0.955 bits per heavy atom. The van der Waals surface area contributed by atoms with Gasteiger partial charge in [0.2, 0.25) is 0 Å². The van der Waals surface area contributed by atoms with E-state index < -0.39 is 70.5 Å². The summed E-state index contributed by atoms with van der Waals surface area (Å²) in [5.41, 5.74) is -2.33. The zero-order valence-electron chi connectivity index (χ0n) is 22.7. The molecule has 236 valence electrons. The van der Waals surface area contributed by atoms with Crippen LogP contribution in [0.3, 0.4) is 0 Å². The summed E-state index contributed by atoms with van der Waals surface area (Å²) in [7, 11) is 0. The van der Waals surface area contributed by atoms with Crippen LogP contribution in [0.15, 0.2) is 24.3 Å². The van der Waals surface area contributed by atoms with Crippen LogP contribution >= 0.6 is 0 Å². The molecule has 0 radical (unpaired) electrons. The summed E-state index contributed by atoms with van der Waals surface area (Å²) in [6, 6.07) is 6.17. The van der Waals surface area contributed by atoms with Crippen molar-refractivity contribution >= 4 is 23.9 Å². The molecule has 0 saturated carbocycles. The van der Waals surface area contributed by atoms with Crippen LogP contribution in [0, 0.1) is 23.3 Å². The standard InChI is InChI=1S/C14H10F4O6.C14H14O6/c15-9-7(13(19)23-3-5-1-21-5)10(16)12(18)8(11(9)17)14(20)24-4-6-2-22-6;15-13(19-7-11-5-17-11)9-1-2-10(4-3-9)14(16)20-8-12-6-18-12/h5-6H,1-4H2;1-4,11-12H,5-8H2. The van der Waals surface area contributed by atoms with E-state index in [2.05, 4.69) is 9.47 Å². The van der Waals surface area contributed by atoms with Crippen LogP contribution in [0.1, 0.15) is 41.4 Å². The van der Waals surface area contributed by atoms with Gasteiger partial charge in [0.25, 0.3) is 0 Å². The normalized spacial score (nSPS) is 22.1. The molecule has 4 aliphatic heterocycles. The molecular formula is C28H24F4O12. The van der Waals surface area contributed by atoms with Crippen molar-refractivity contribution in [3.05, 3.63) is 69.8 Å². The molecule has 0 spiro atoms. The summed E-state index contributed by atoms with van der Waals surface area (Å²) in [4.78, 5) is 46.5. The molecule has 12 nitrogen and oxygen atoms in total. The van der Waals surface area contributed by atoms with Crippen molar-refractivity contribution in [3.8, 4) is 0 Å². The number of carbonyl (C=O) groups is 4. The molecule has 2 aromatic rings. The Labute approximate surface area is 246 Å². The summed E-state index contributed by atoms with van der Waals surface area (Å²) < 4.78 is 94.1. The lowest BCUT2D eigenvalue weighted by Gasteiger charge is -2.11. The zero-order chi connectivity index (χ0) is 31.4. The van der Waals surface area contributed by atoms with Gasteiger partial charge in [0.15, 0.2) is 23.3 Å². The van der Waals surface area contributed by atoms with Gasteiger partial charge in [-0.2, -0.15) is 0 Å². The van der Waals surface area contributed by atoms with Crippen molar-refractivity contribution in [2.24, 2.45) is 0 Å². The topological polar surface area (TPSA) is 155 Å². The smallest absolute Gasteiger partial charge is 0.344 e. The molecule has 6 rings (SSSR count). The largest absolute Gasteiger partial charge is 0.459 e. The molecule has 4 fully saturated rings. The highest BCUT2D eigenvalue weighted by Crippen LogP contribution is 2.26. The van der Waals surface area contributed by atoms with Crippen LogP contribution in [0.2, 0.25) is 0 Å². The highest BCUT2D eigenvalue weighted by atomic mass is 19.2. The number of halogens is 4. The van der Waals surface area contributed by atoms with Gasteiger partial charge in [-0.05, 0) is 24.3 Å². The maximum atomic E-state index is 13.9. The summed E-state index contributed by atoms with van der Waals surface area (Å²) in [5.74, 6) is -12.2. The Hall–Kier alpha value is -4.12. The van der Waals surface area contributed by atoms with Crippen molar-refractivity contribution in [2.45, 2.75) is 24.4 Å². The highest BCUT2D eigenvalue weighted by molar-refractivity contribution is 5.95. The first-order valence-corrected chi connectivity index (χ1v) is 13.2. The summed E-state index contributed by atoms with van der Waals surface area (Å²) in [6.07, 6.45) is -0.738. The van der Waals surface area contributed by atoms with Crippen LogP contribution in [0.5, 0.6) is 0 Å². The Bertz CT molecular complexity index is 1280. The number of benzene rings is 2. The van der Waals surface area contributed by atoms with Gasteiger partial charge in [0, 0.05) is 0 Å². The average Bonchev–Trinajstić information content (AvgIpc) is 3.85. The summed E-state index contributed by atoms with van der Waals surface area (Å²) in [5, 5.41) is 0. The molecule has 0 aliphatic carbocycles. The van der Waals surface area contributed by atoms with Crippen LogP contribution in [0.25, 0.3) is 0 Å². The zero-order valence-corrected chi connectivity index (χ0v) is 22.7. The van der Waals surface area contributed by atoms with Crippen molar-refractivity contribution in [1.82, 2.24) is 0 Å².